The number of halogens is 1. The van der Waals surface area contributed by atoms with E-state index in [2.05, 4.69) is 37.3 Å². The summed E-state index contributed by atoms with van der Waals surface area (Å²) >= 11 is 2.09. The van der Waals surface area contributed by atoms with Crippen LogP contribution < -0.4 is 4.72 Å². The number of fused-ring (bicyclic) bond motifs is 1. The highest BCUT2D eigenvalue weighted by atomic mass is 127. The van der Waals surface area contributed by atoms with E-state index in [4.69, 9.17) is 4.74 Å². The van der Waals surface area contributed by atoms with Crippen LogP contribution in [0.15, 0.2) is 53.7 Å². The lowest BCUT2D eigenvalue weighted by atomic mass is 10.1. The predicted molar refractivity (Wildman–Crippen MR) is 125 cm³/mol. The molecule has 1 aliphatic rings. The Morgan fingerprint density at radius 1 is 1.19 bits per heavy atom. The minimum absolute atomic E-state index is 0.00345. The monoisotopic (exact) mass is 552 g/mol. The van der Waals surface area contributed by atoms with Gasteiger partial charge in [0.15, 0.2) is 0 Å². The van der Waals surface area contributed by atoms with Crippen molar-refractivity contribution in [1.29, 1.82) is 0 Å². The molecule has 1 N–H and O–H groups in total. The normalized spacial score (nSPS) is 19.4. The number of nitrogens with zero attached hydrogens (tertiary/aromatic N) is 3. The Labute approximate surface area is 194 Å². The molecule has 162 valence electrons. The molecule has 0 spiro atoms. The van der Waals surface area contributed by atoms with Gasteiger partial charge in [0.25, 0.3) is 15.9 Å². The van der Waals surface area contributed by atoms with Gasteiger partial charge >= 0.3 is 0 Å². The van der Waals surface area contributed by atoms with Crippen LogP contribution in [0.2, 0.25) is 0 Å². The molecule has 1 aromatic heterocycles. The zero-order chi connectivity index (χ0) is 22.2. The minimum atomic E-state index is -4.02. The second-order valence-electron chi connectivity index (χ2n) is 7.43. The molecule has 3 aromatic rings. The molecular weight excluding hydrogens is 531 g/mol. The highest BCUT2D eigenvalue weighted by Gasteiger charge is 2.30. The van der Waals surface area contributed by atoms with Gasteiger partial charge in [0.05, 0.1) is 35.5 Å². The molecule has 1 amide bonds. The highest BCUT2D eigenvalue weighted by Crippen LogP contribution is 2.27. The molecule has 1 aliphatic heterocycles. The van der Waals surface area contributed by atoms with E-state index in [1.165, 1.54) is 18.5 Å². The Morgan fingerprint density at radius 3 is 2.77 bits per heavy atom. The van der Waals surface area contributed by atoms with E-state index in [9.17, 15) is 13.2 Å². The molecule has 31 heavy (non-hydrogen) atoms. The third-order valence-corrected chi connectivity index (χ3v) is 7.14. The van der Waals surface area contributed by atoms with Crippen molar-refractivity contribution in [2.24, 2.45) is 0 Å². The molecule has 0 aliphatic carbocycles. The van der Waals surface area contributed by atoms with E-state index in [1.54, 1.807) is 35.2 Å². The molecule has 4 rings (SSSR count). The van der Waals surface area contributed by atoms with Gasteiger partial charge in [0, 0.05) is 22.5 Å². The zero-order valence-corrected chi connectivity index (χ0v) is 19.9. The van der Waals surface area contributed by atoms with Gasteiger partial charge in [-0.05, 0) is 66.8 Å². The number of carbonyl (C=O) groups is 1. The Morgan fingerprint density at radius 2 is 1.97 bits per heavy atom. The fourth-order valence-electron chi connectivity index (χ4n) is 3.51. The molecule has 1 saturated heterocycles. The number of carbonyl (C=O) groups excluding carboxylic acids is 1. The number of hydrogen-bond donors (Lipinski definition) is 1. The van der Waals surface area contributed by atoms with E-state index in [-0.39, 0.29) is 39.7 Å². The smallest absolute Gasteiger partial charge is 0.264 e. The number of rotatable bonds is 4. The summed E-state index contributed by atoms with van der Waals surface area (Å²) in [6.45, 7) is 4.70. The molecule has 2 aromatic carbocycles. The molecule has 2 atom stereocenters. The molecule has 8 nitrogen and oxygen atoms in total. The Hall–Kier alpha value is -2.31. The van der Waals surface area contributed by atoms with Crippen LogP contribution in [0.1, 0.15) is 24.2 Å². The van der Waals surface area contributed by atoms with Crippen molar-refractivity contribution in [3.63, 3.8) is 0 Å². The van der Waals surface area contributed by atoms with Crippen LogP contribution >= 0.6 is 22.6 Å². The maximum Gasteiger partial charge on any atom is 0.264 e. The standard InChI is InChI=1S/C21H21IN4O4S/c1-13-12-30-14(2)11-26(13)21(27)16-7-6-15(22)10-18(16)25-31(28,29)19-5-3-4-17-20(19)24-9-8-23-17/h3-10,13-14,25H,11-12H2,1-2H3/t13-,14?/m1/s1. The van der Waals surface area contributed by atoms with Crippen LogP contribution in [-0.4, -0.2) is 54.5 Å². The lowest BCUT2D eigenvalue weighted by molar-refractivity contribution is -0.0386. The van der Waals surface area contributed by atoms with Crippen molar-refractivity contribution >= 4 is 55.2 Å². The number of ether oxygens (including phenoxy) is 1. The molecule has 0 bridgehead atoms. The average Bonchev–Trinajstić information content (AvgIpc) is 2.74. The van der Waals surface area contributed by atoms with Crippen molar-refractivity contribution in [1.82, 2.24) is 14.9 Å². The Bertz CT molecular complexity index is 1250. The van der Waals surface area contributed by atoms with Crippen LogP contribution in [0.25, 0.3) is 11.0 Å². The number of sulfonamides is 1. The summed E-state index contributed by atoms with van der Waals surface area (Å²) < 4.78 is 35.6. The van der Waals surface area contributed by atoms with Gasteiger partial charge in [-0.15, -0.1) is 0 Å². The highest BCUT2D eigenvalue weighted by molar-refractivity contribution is 14.1. The van der Waals surface area contributed by atoms with Crippen molar-refractivity contribution in [2.45, 2.75) is 30.9 Å². The second-order valence-corrected chi connectivity index (χ2v) is 10.3. The summed E-state index contributed by atoms with van der Waals surface area (Å²) in [7, 11) is -4.02. The lowest BCUT2D eigenvalue weighted by Crippen LogP contribution is -2.50. The third kappa shape index (κ3) is 4.51. The fraction of sp³-hybridized carbons (Fsp3) is 0.286. The maximum atomic E-state index is 13.3. The maximum absolute atomic E-state index is 13.3. The van der Waals surface area contributed by atoms with Crippen molar-refractivity contribution < 1.29 is 17.9 Å². The first-order valence-electron chi connectivity index (χ1n) is 9.71. The van der Waals surface area contributed by atoms with Gasteiger partial charge in [0.2, 0.25) is 0 Å². The summed E-state index contributed by atoms with van der Waals surface area (Å²) in [6.07, 6.45) is 2.87. The molecular formula is C21H21IN4O4S. The number of morpholine rings is 1. The lowest BCUT2D eigenvalue weighted by Gasteiger charge is -2.37. The number of nitrogens with one attached hydrogen (secondary N) is 1. The van der Waals surface area contributed by atoms with Gasteiger partial charge in [0.1, 0.15) is 10.4 Å². The third-order valence-electron chi connectivity index (χ3n) is 5.08. The van der Waals surface area contributed by atoms with Gasteiger partial charge in [-0.1, -0.05) is 6.07 Å². The largest absolute Gasteiger partial charge is 0.375 e. The fourth-order valence-corrected chi connectivity index (χ4v) is 5.24. The second kappa shape index (κ2) is 8.67. The van der Waals surface area contributed by atoms with Crippen LogP contribution in [0.3, 0.4) is 0 Å². The van der Waals surface area contributed by atoms with Crippen LogP contribution in [0, 0.1) is 3.57 Å². The first-order valence-corrected chi connectivity index (χ1v) is 12.3. The Balaban J connectivity index is 1.73. The molecule has 10 heteroatoms. The number of anilines is 1. The number of amides is 1. The van der Waals surface area contributed by atoms with E-state index in [0.717, 1.165) is 3.57 Å². The van der Waals surface area contributed by atoms with Crippen LogP contribution in [0.4, 0.5) is 5.69 Å². The van der Waals surface area contributed by atoms with Crippen molar-refractivity contribution in [2.75, 3.05) is 17.9 Å². The number of benzene rings is 2. The van der Waals surface area contributed by atoms with Gasteiger partial charge in [-0.25, -0.2) is 8.42 Å². The Kier molecular flexibility index (Phi) is 6.13. The summed E-state index contributed by atoms with van der Waals surface area (Å²) in [5.41, 5.74) is 1.26. The van der Waals surface area contributed by atoms with Crippen LogP contribution in [0.5, 0.6) is 0 Å². The van der Waals surface area contributed by atoms with Crippen molar-refractivity contribution in [3.8, 4) is 0 Å². The summed E-state index contributed by atoms with van der Waals surface area (Å²) in [5, 5.41) is 0. The molecule has 2 heterocycles. The number of para-hydroxylation sites is 1. The van der Waals surface area contributed by atoms with Crippen molar-refractivity contribution in [3.05, 3.63) is 57.9 Å². The van der Waals surface area contributed by atoms with E-state index in [1.807, 2.05) is 13.8 Å². The molecule has 0 saturated carbocycles. The van der Waals surface area contributed by atoms with E-state index in [0.29, 0.717) is 18.7 Å². The topological polar surface area (TPSA) is 101 Å². The minimum Gasteiger partial charge on any atom is -0.375 e. The summed E-state index contributed by atoms with van der Waals surface area (Å²) in [5.74, 6) is -0.241. The average molecular weight is 552 g/mol. The number of aromatic nitrogens is 2. The predicted octanol–water partition coefficient (Wildman–Crippen LogP) is 3.28. The summed E-state index contributed by atoms with van der Waals surface area (Å²) in [4.78, 5) is 23.4. The molecule has 1 fully saturated rings. The van der Waals surface area contributed by atoms with Gasteiger partial charge in [-0.2, -0.15) is 0 Å². The van der Waals surface area contributed by atoms with Gasteiger partial charge in [-0.3, -0.25) is 19.5 Å². The number of hydrogen-bond acceptors (Lipinski definition) is 6. The quantitative estimate of drug-likeness (QED) is 0.499. The van der Waals surface area contributed by atoms with Crippen LogP contribution in [-0.2, 0) is 14.8 Å². The summed E-state index contributed by atoms with van der Waals surface area (Å²) in [6, 6.07) is 9.76. The molecule has 1 unspecified atom stereocenters. The first kappa shape index (κ1) is 21.9. The SMILES string of the molecule is CC1CN(C(=O)c2ccc(I)cc2NS(=O)(=O)c2cccc3nccnc23)[C@H](C)CO1. The first-order chi connectivity index (χ1) is 14.8. The van der Waals surface area contributed by atoms with Gasteiger partial charge < -0.3 is 9.64 Å². The van der Waals surface area contributed by atoms with E-state index < -0.39 is 10.0 Å². The zero-order valence-electron chi connectivity index (χ0n) is 16.9. The molecule has 0 radical (unpaired) electrons. The van der Waals surface area contributed by atoms with E-state index >= 15 is 0 Å².